The van der Waals surface area contributed by atoms with Gasteiger partial charge in [-0.15, -0.1) is 11.3 Å². The monoisotopic (exact) mass is 431 g/mol. The van der Waals surface area contributed by atoms with Gasteiger partial charge in [0.05, 0.1) is 21.1 Å². The number of nitrogens with zero attached hydrogens (tertiary/aromatic N) is 5. The van der Waals surface area contributed by atoms with Crippen LogP contribution in [-0.2, 0) is 6.18 Å². The molecule has 156 valence electrons. The minimum Gasteiger partial charge on any atom is -0.357 e. The first-order valence-electron chi connectivity index (χ1n) is 8.47. The Morgan fingerprint density at radius 2 is 1.48 bits per heavy atom. The Kier molecular flexibility index (Phi) is 5.34. The second-order valence-electron chi connectivity index (χ2n) is 6.49. The summed E-state index contributed by atoms with van der Waals surface area (Å²) in [5.74, 6) is 0. The molecule has 0 amide bonds. The number of aryl methyl sites for hydroxylation is 2. The summed E-state index contributed by atoms with van der Waals surface area (Å²) in [7, 11) is 0. The fourth-order valence-corrected chi connectivity index (χ4v) is 4.04. The maximum atomic E-state index is 13.1. The first-order chi connectivity index (χ1) is 13.5. The van der Waals surface area contributed by atoms with Gasteiger partial charge in [0, 0.05) is 43.2 Å². The average Bonchev–Trinajstić information content (AvgIpc) is 2.98. The highest BCUT2D eigenvalue weighted by molar-refractivity contribution is 7.15. The van der Waals surface area contributed by atoms with Crippen LogP contribution in [0.5, 0.6) is 0 Å². The summed E-state index contributed by atoms with van der Waals surface area (Å²) >= 11 is 1.49. The molecule has 0 radical (unpaired) electrons. The summed E-state index contributed by atoms with van der Waals surface area (Å²) in [6, 6.07) is 0.699. The van der Waals surface area contributed by atoms with Gasteiger partial charge in [-0.3, -0.25) is 20.2 Å². The van der Waals surface area contributed by atoms with Crippen LogP contribution in [0.2, 0.25) is 0 Å². The number of rotatable bonds is 4. The van der Waals surface area contributed by atoms with Crippen molar-refractivity contribution in [3.63, 3.8) is 0 Å². The Hall–Kier alpha value is -2.96. The van der Waals surface area contributed by atoms with Crippen molar-refractivity contribution in [3.8, 4) is 0 Å². The molecule has 0 saturated carbocycles. The average molecular weight is 431 g/mol. The number of hydrogen-bond acceptors (Lipinski definition) is 8. The van der Waals surface area contributed by atoms with Gasteiger partial charge < -0.3 is 9.80 Å². The highest BCUT2D eigenvalue weighted by atomic mass is 32.1. The second-order valence-corrected chi connectivity index (χ2v) is 7.67. The zero-order valence-electron chi connectivity index (χ0n) is 15.4. The minimum absolute atomic E-state index is 0.171. The third-order valence-electron chi connectivity index (χ3n) is 4.67. The van der Waals surface area contributed by atoms with Crippen molar-refractivity contribution in [1.29, 1.82) is 0 Å². The summed E-state index contributed by atoms with van der Waals surface area (Å²) in [6.07, 6.45) is -4.94. The van der Waals surface area contributed by atoms with E-state index >= 15 is 0 Å². The van der Waals surface area contributed by atoms with Crippen LogP contribution in [-0.4, -0.2) is 41.0 Å². The molecule has 0 aliphatic carbocycles. The van der Waals surface area contributed by atoms with Crippen molar-refractivity contribution in [1.82, 2.24) is 4.98 Å². The Labute approximate surface area is 166 Å². The molecule has 0 atom stereocenters. The summed E-state index contributed by atoms with van der Waals surface area (Å²) in [4.78, 5) is 29.6. The number of benzene rings is 1. The number of nitro groups is 2. The van der Waals surface area contributed by atoms with E-state index in [0.717, 1.165) is 15.7 Å². The zero-order chi connectivity index (χ0) is 21.5. The van der Waals surface area contributed by atoms with E-state index in [2.05, 4.69) is 4.98 Å². The summed E-state index contributed by atoms with van der Waals surface area (Å²) in [5.41, 5.74) is -2.80. The Morgan fingerprint density at radius 3 is 1.86 bits per heavy atom. The third-order valence-corrected chi connectivity index (χ3v) is 5.81. The van der Waals surface area contributed by atoms with Gasteiger partial charge in [-0.05, 0) is 13.8 Å². The van der Waals surface area contributed by atoms with Gasteiger partial charge in [0.1, 0.15) is 0 Å². The SMILES string of the molecule is Cc1nc(N2CCN(c3c([N+](=O)[O-])cc(C(F)(F)F)cc3[N+](=O)[O-])CC2)sc1C. The first kappa shape index (κ1) is 20.8. The van der Waals surface area contributed by atoms with Crippen molar-refractivity contribution in [2.45, 2.75) is 20.0 Å². The van der Waals surface area contributed by atoms with E-state index in [9.17, 15) is 33.4 Å². The number of hydrogen-bond donors (Lipinski definition) is 0. The van der Waals surface area contributed by atoms with Crippen LogP contribution in [0.15, 0.2) is 12.1 Å². The fourth-order valence-electron chi connectivity index (χ4n) is 3.08. The molecule has 0 bridgehead atoms. The number of anilines is 2. The van der Waals surface area contributed by atoms with Crippen molar-refractivity contribution < 1.29 is 23.0 Å². The molecule has 1 saturated heterocycles. The molecule has 3 rings (SSSR count). The maximum Gasteiger partial charge on any atom is 0.416 e. The second kappa shape index (κ2) is 7.46. The lowest BCUT2D eigenvalue weighted by Crippen LogP contribution is -2.47. The number of nitro benzene ring substituents is 2. The largest absolute Gasteiger partial charge is 0.416 e. The van der Waals surface area contributed by atoms with E-state index in [1.165, 1.54) is 16.2 Å². The van der Waals surface area contributed by atoms with E-state index in [-0.39, 0.29) is 13.1 Å². The van der Waals surface area contributed by atoms with Crippen LogP contribution in [0, 0.1) is 34.1 Å². The Bertz CT molecular complexity index is 915. The normalized spacial score (nSPS) is 14.9. The van der Waals surface area contributed by atoms with Gasteiger partial charge >= 0.3 is 6.18 Å². The molecule has 29 heavy (non-hydrogen) atoms. The molecule has 0 unspecified atom stereocenters. The summed E-state index contributed by atoms with van der Waals surface area (Å²) in [6.45, 7) is 4.90. The van der Waals surface area contributed by atoms with Gasteiger partial charge in [0.25, 0.3) is 11.4 Å². The van der Waals surface area contributed by atoms with E-state index in [0.29, 0.717) is 25.2 Å². The topological polar surface area (TPSA) is 106 Å². The number of piperazine rings is 1. The van der Waals surface area contributed by atoms with E-state index < -0.39 is 38.6 Å². The number of aromatic nitrogens is 1. The standard InChI is InChI=1S/C16H16F3N5O4S/c1-9-10(2)29-15(20-9)22-5-3-21(4-6-22)14-12(23(25)26)7-11(16(17,18)19)8-13(14)24(27)28/h7-8H,3-6H2,1-2H3. The molecule has 2 heterocycles. The summed E-state index contributed by atoms with van der Waals surface area (Å²) in [5, 5.41) is 23.6. The lowest BCUT2D eigenvalue weighted by Gasteiger charge is -2.35. The maximum absolute atomic E-state index is 13.1. The van der Waals surface area contributed by atoms with Gasteiger partial charge in [-0.1, -0.05) is 0 Å². The highest BCUT2D eigenvalue weighted by Crippen LogP contribution is 2.43. The predicted molar refractivity (Wildman–Crippen MR) is 101 cm³/mol. The van der Waals surface area contributed by atoms with Crippen molar-refractivity contribution in [3.05, 3.63) is 48.5 Å². The van der Waals surface area contributed by atoms with Crippen LogP contribution in [0.4, 0.5) is 35.4 Å². The van der Waals surface area contributed by atoms with Crippen molar-refractivity contribution in [2.75, 3.05) is 36.0 Å². The lowest BCUT2D eigenvalue weighted by atomic mass is 10.1. The molecule has 1 aliphatic rings. The van der Waals surface area contributed by atoms with E-state index in [4.69, 9.17) is 0 Å². The number of thiazole rings is 1. The highest BCUT2D eigenvalue weighted by Gasteiger charge is 2.39. The fraction of sp³-hybridized carbons (Fsp3) is 0.438. The van der Waals surface area contributed by atoms with E-state index in [1.807, 2.05) is 18.7 Å². The Balaban J connectivity index is 1.96. The zero-order valence-corrected chi connectivity index (χ0v) is 16.2. The number of halogens is 3. The van der Waals surface area contributed by atoms with Gasteiger partial charge in [-0.25, -0.2) is 4.98 Å². The molecular formula is C16H16F3N5O4S. The molecule has 1 fully saturated rings. The molecule has 2 aromatic rings. The third kappa shape index (κ3) is 4.09. The van der Waals surface area contributed by atoms with Crippen LogP contribution in [0.25, 0.3) is 0 Å². The predicted octanol–water partition coefficient (Wildman–Crippen LogP) is 3.92. The van der Waals surface area contributed by atoms with E-state index in [1.54, 1.807) is 0 Å². The lowest BCUT2D eigenvalue weighted by molar-refractivity contribution is -0.393. The molecular weight excluding hydrogens is 415 g/mol. The molecule has 13 heteroatoms. The first-order valence-corrected chi connectivity index (χ1v) is 9.28. The van der Waals surface area contributed by atoms with Gasteiger partial charge in [0.2, 0.25) is 0 Å². The molecule has 1 aromatic carbocycles. The van der Waals surface area contributed by atoms with Crippen molar-refractivity contribution >= 4 is 33.5 Å². The van der Waals surface area contributed by atoms with Crippen molar-refractivity contribution in [2.24, 2.45) is 0 Å². The van der Waals surface area contributed by atoms with Gasteiger partial charge in [0.15, 0.2) is 10.8 Å². The molecule has 1 aliphatic heterocycles. The van der Waals surface area contributed by atoms with Crippen LogP contribution in [0.3, 0.4) is 0 Å². The summed E-state index contributed by atoms with van der Waals surface area (Å²) < 4.78 is 39.2. The molecule has 9 nitrogen and oxygen atoms in total. The number of alkyl halides is 3. The van der Waals surface area contributed by atoms with Gasteiger partial charge in [-0.2, -0.15) is 13.2 Å². The van der Waals surface area contributed by atoms with Crippen LogP contribution >= 0.6 is 11.3 Å². The molecule has 1 aromatic heterocycles. The quantitative estimate of drug-likeness (QED) is 0.534. The molecule has 0 spiro atoms. The Morgan fingerprint density at radius 1 is 1.00 bits per heavy atom. The minimum atomic E-state index is -4.94. The van der Waals surface area contributed by atoms with Crippen LogP contribution < -0.4 is 9.80 Å². The van der Waals surface area contributed by atoms with Crippen LogP contribution in [0.1, 0.15) is 16.1 Å². The molecule has 0 N–H and O–H groups in total. The smallest absolute Gasteiger partial charge is 0.357 e.